The van der Waals surface area contributed by atoms with E-state index in [1.807, 2.05) is 0 Å². The molecule has 0 saturated heterocycles. The summed E-state index contributed by atoms with van der Waals surface area (Å²) in [6.45, 7) is 0. The van der Waals surface area contributed by atoms with E-state index in [9.17, 15) is 21.6 Å². The SMILES string of the molecule is CS(=O)(=O)C[C@H](Nc1ccc(C(F)(F)F)cn1)c1ccccc1. The quantitative estimate of drug-likeness (QED) is 0.904. The number of sulfone groups is 1. The first kappa shape index (κ1) is 17.3. The molecule has 4 nitrogen and oxygen atoms in total. The molecular weight excluding hydrogens is 329 g/mol. The summed E-state index contributed by atoms with van der Waals surface area (Å²) >= 11 is 0. The van der Waals surface area contributed by atoms with E-state index >= 15 is 0 Å². The van der Waals surface area contributed by atoms with Gasteiger partial charge in [0.15, 0.2) is 0 Å². The summed E-state index contributed by atoms with van der Waals surface area (Å²) in [5.41, 5.74) is -0.151. The molecule has 1 heterocycles. The monoisotopic (exact) mass is 344 g/mol. The molecule has 2 aromatic rings. The van der Waals surface area contributed by atoms with Crippen LogP contribution >= 0.6 is 0 Å². The van der Waals surface area contributed by atoms with Crippen molar-refractivity contribution in [3.63, 3.8) is 0 Å². The molecule has 0 aliphatic heterocycles. The van der Waals surface area contributed by atoms with Crippen LogP contribution in [0.3, 0.4) is 0 Å². The average Bonchev–Trinajstić information content (AvgIpc) is 2.46. The normalized spacial score (nSPS) is 13.6. The van der Waals surface area contributed by atoms with E-state index in [-0.39, 0.29) is 11.6 Å². The zero-order valence-corrected chi connectivity index (χ0v) is 13.0. The molecule has 0 spiro atoms. The van der Waals surface area contributed by atoms with E-state index in [0.29, 0.717) is 11.8 Å². The van der Waals surface area contributed by atoms with Gasteiger partial charge in [0.2, 0.25) is 0 Å². The van der Waals surface area contributed by atoms with Crippen LogP contribution in [0, 0.1) is 0 Å². The Morgan fingerprint density at radius 3 is 2.26 bits per heavy atom. The van der Waals surface area contributed by atoms with Crippen molar-refractivity contribution in [1.82, 2.24) is 4.98 Å². The number of benzene rings is 1. The highest BCUT2D eigenvalue weighted by molar-refractivity contribution is 7.90. The number of nitrogens with zero attached hydrogens (tertiary/aromatic N) is 1. The number of alkyl halides is 3. The lowest BCUT2D eigenvalue weighted by Crippen LogP contribution is -2.21. The van der Waals surface area contributed by atoms with Crippen molar-refractivity contribution in [1.29, 1.82) is 0 Å². The molecule has 23 heavy (non-hydrogen) atoms. The van der Waals surface area contributed by atoms with Crippen molar-refractivity contribution in [3.8, 4) is 0 Å². The zero-order chi connectivity index (χ0) is 17.1. The van der Waals surface area contributed by atoms with Crippen LogP contribution in [0.25, 0.3) is 0 Å². The van der Waals surface area contributed by atoms with Gasteiger partial charge in [0.1, 0.15) is 15.7 Å². The average molecular weight is 344 g/mol. The van der Waals surface area contributed by atoms with Crippen molar-refractivity contribution < 1.29 is 21.6 Å². The number of hydrogen-bond donors (Lipinski definition) is 1. The number of aromatic nitrogens is 1. The Morgan fingerprint density at radius 2 is 1.78 bits per heavy atom. The molecule has 2 rings (SSSR count). The molecule has 8 heteroatoms. The third-order valence-corrected chi connectivity index (χ3v) is 4.02. The molecule has 0 saturated carbocycles. The highest BCUT2D eigenvalue weighted by Gasteiger charge is 2.30. The second-order valence-corrected chi connectivity index (χ2v) is 7.31. The van der Waals surface area contributed by atoms with Crippen LogP contribution in [0.1, 0.15) is 17.2 Å². The van der Waals surface area contributed by atoms with Crippen LogP contribution in [0.4, 0.5) is 19.0 Å². The summed E-state index contributed by atoms with van der Waals surface area (Å²) in [5, 5.41) is 2.87. The molecule has 1 aromatic heterocycles. The van der Waals surface area contributed by atoms with Crippen LogP contribution in [-0.4, -0.2) is 25.4 Å². The Bertz CT molecular complexity index is 745. The Kier molecular flexibility index (Phi) is 4.93. The minimum atomic E-state index is -4.46. The van der Waals surface area contributed by atoms with Crippen LogP contribution < -0.4 is 5.32 Å². The summed E-state index contributed by atoms with van der Waals surface area (Å²) in [7, 11) is -3.29. The summed E-state index contributed by atoms with van der Waals surface area (Å²) < 4.78 is 60.8. The number of nitrogens with one attached hydrogen (secondary N) is 1. The maximum atomic E-state index is 12.5. The van der Waals surface area contributed by atoms with Gasteiger partial charge in [-0.05, 0) is 17.7 Å². The van der Waals surface area contributed by atoms with Crippen molar-refractivity contribution in [2.75, 3.05) is 17.3 Å². The predicted octanol–water partition coefficient (Wildman–Crippen LogP) is 3.30. The molecule has 0 amide bonds. The molecule has 0 aliphatic carbocycles. The van der Waals surface area contributed by atoms with Gasteiger partial charge in [0.25, 0.3) is 0 Å². The Labute approximate surface area is 132 Å². The predicted molar refractivity (Wildman–Crippen MR) is 81.8 cm³/mol. The molecule has 1 aromatic carbocycles. The van der Waals surface area contributed by atoms with Gasteiger partial charge >= 0.3 is 6.18 Å². The fourth-order valence-corrected chi connectivity index (χ4v) is 2.92. The summed E-state index contributed by atoms with van der Waals surface area (Å²) in [6.07, 6.45) is -2.65. The smallest absolute Gasteiger partial charge is 0.362 e. The topological polar surface area (TPSA) is 59.1 Å². The van der Waals surface area contributed by atoms with Gasteiger partial charge < -0.3 is 5.32 Å². The lowest BCUT2D eigenvalue weighted by atomic mass is 10.1. The van der Waals surface area contributed by atoms with Gasteiger partial charge in [-0.25, -0.2) is 13.4 Å². The van der Waals surface area contributed by atoms with Gasteiger partial charge in [-0.15, -0.1) is 0 Å². The van der Waals surface area contributed by atoms with E-state index in [2.05, 4.69) is 10.3 Å². The number of halogens is 3. The van der Waals surface area contributed by atoms with E-state index in [0.717, 1.165) is 12.3 Å². The van der Waals surface area contributed by atoms with E-state index in [4.69, 9.17) is 0 Å². The van der Waals surface area contributed by atoms with Crippen LogP contribution in [0.5, 0.6) is 0 Å². The fraction of sp³-hybridized carbons (Fsp3) is 0.267. The highest BCUT2D eigenvalue weighted by Crippen LogP contribution is 2.29. The Morgan fingerprint density at radius 1 is 1.13 bits per heavy atom. The van der Waals surface area contributed by atoms with Gasteiger partial charge in [-0.3, -0.25) is 0 Å². The summed E-state index contributed by atoms with van der Waals surface area (Å²) in [5.74, 6) is -0.0183. The van der Waals surface area contributed by atoms with Crippen molar-refractivity contribution >= 4 is 15.7 Å². The van der Waals surface area contributed by atoms with E-state index < -0.39 is 27.6 Å². The molecule has 0 unspecified atom stereocenters. The molecule has 124 valence electrons. The minimum absolute atomic E-state index is 0.176. The second-order valence-electron chi connectivity index (χ2n) is 5.13. The third-order valence-electron chi connectivity index (χ3n) is 3.08. The number of rotatable bonds is 5. The third kappa shape index (κ3) is 5.24. The van der Waals surface area contributed by atoms with Gasteiger partial charge in [-0.1, -0.05) is 30.3 Å². The molecular formula is C15H15F3N2O2S. The largest absolute Gasteiger partial charge is 0.417 e. The standard InChI is InChI=1S/C15H15F3N2O2S/c1-23(21,22)10-13(11-5-3-2-4-6-11)20-14-8-7-12(9-19-14)15(16,17)18/h2-9,13H,10H2,1H3,(H,19,20)/t13-/m0/s1. The number of anilines is 1. The van der Waals surface area contributed by atoms with Gasteiger partial charge in [0, 0.05) is 12.5 Å². The van der Waals surface area contributed by atoms with E-state index in [1.54, 1.807) is 30.3 Å². The Hall–Kier alpha value is -2.09. The molecule has 0 fully saturated rings. The van der Waals surface area contributed by atoms with Crippen LogP contribution in [0.15, 0.2) is 48.7 Å². The lowest BCUT2D eigenvalue weighted by molar-refractivity contribution is -0.137. The molecule has 0 bridgehead atoms. The van der Waals surface area contributed by atoms with Gasteiger partial charge in [-0.2, -0.15) is 13.2 Å². The lowest BCUT2D eigenvalue weighted by Gasteiger charge is -2.19. The second kappa shape index (κ2) is 6.57. The minimum Gasteiger partial charge on any atom is -0.362 e. The maximum absolute atomic E-state index is 12.5. The molecule has 0 aliphatic rings. The highest BCUT2D eigenvalue weighted by atomic mass is 32.2. The Balaban J connectivity index is 2.24. The molecule has 0 radical (unpaired) electrons. The maximum Gasteiger partial charge on any atom is 0.417 e. The number of pyridine rings is 1. The van der Waals surface area contributed by atoms with Crippen LogP contribution in [0.2, 0.25) is 0 Å². The van der Waals surface area contributed by atoms with Crippen molar-refractivity contribution in [3.05, 3.63) is 59.8 Å². The van der Waals surface area contributed by atoms with Crippen molar-refractivity contribution in [2.24, 2.45) is 0 Å². The summed E-state index contributed by atoms with van der Waals surface area (Å²) in [4.78, 5) is 3.71. The summed E-state index contributed by atoms with van der Waals surface area (Å²) in [6, 6.07) is 10.3. The van der Waals surface area contributed by atoms with Gasteiger partial charge in [0.05, 0.1) is 17.4 Å². The fourth-order valence-electron chi connectivity index (χ4n) is 2.03. The first-order valence-corrected chi connectivity index (χ1v) is 8.74. The van der Waals surface area contributed by atoms with Crippen LogP contribution in [-0.2, 0) is 16.0 Å². The van der Waals surface area contributed by atoms with Crippen molar-refractivity contribution in [2.45, 2.75) is 12.2 Å². The van der Waals surface area contributed by atoms with E-state index in [1.165, 1.54) is 6.07 Å². The molecule has 1 atom stereocenters. The molecule has 1 N–H and O–H groups in total. The number of hydrogen-bond acceptors (Lipinski definition) is 4. The zero-order valence-electron chi connectivity index (χ0n) is 12.2. The first-order valence-electron chi connectivity index (χ1n) is 6.67. The first-order chi connectivity index (χ1) is 10.6.